The van der Waals surface area contributed by atoms with Crippen LogP contribution in [0.25, 0.3) is 17.4 Å². The third-order valence-corrected chi connectivity index (χ3v) is 4.01. The van der Waals surface area contributed by atoms with Gasteiger partial charge in [0.25, 0.3) is 5.56 Å². The van der Waals surface area contributed by atoms with Crippen LogP contribution < -0.4 is 11.3 Å². The van der Waals surface area contributed by atoms with Crippen LogP contribution in [0, 0.1) is 5.41 Å². The summed E-state index contributed by atoms with van der Waals surface area (Å²) in [5.41, 5.74) is 5.98. The van der Waals surface area contributed by atoms with Crippen molar-refractivity contribution in [1.82, 2.24) is 19.5 Å². The summed E-state index contributed by atoms with van der Waals surface area (Å²) < 4.78 is 22.1. The number of hydrogen-bond acceptors (Lipinski definition) is 8. The van der Waals surface area contributed by atoms with Crippen molar-refractivity contribution in [1.29, 1.82) is 0 Å². The first-order chi connectivity index (χ1) is 11.4. The molecule has 2 heterocycles. The quantitative estimate of drug-likeness (QED) is 0.572. The zero-order chi connectivity index (χ0) is 17.3. The number of hydrogen-bond donors (Lipinski definition) is 2. The number of anilines is 1. The van der Waals surface area contributed by atoms with Crippen molar-refractivity contribution in [2.24, 2.45) is 5.41 Å². The van der Waals surface area contributed by atoms with Crippen LogP contribution in [0.1, 0.15) is 13.3 Å². The molecule has 1 fully saturated rings. The van der Waals surface area contributed by atoms with Gasteiger partial charge in [-0.3, -0.25) is 23.7 Å². The Kier molecular flexibility index (Phi) is 4.16. The number of nitrogens with zero attached hydrogens (tertiary/aromatic N) is 3. The van der Waals surface area contributed by atoms with Gasteiger partial charge in [-0.2, -0.15) is 4.98 Å². The summed E-state index contributed by atoms with van der Waals surface area (Å²) in [6, 6.07) is 0. The van der Waals surface area contributed by atoms with E-state index in [0.717, 1.165) is 5.57 Å². The average molecular weight is 351 g/mol. The molecule has 3 rings (SSSR count). The number of imidazole rings is 1. The molecule has 3 N–H and O–H groups in total. The summed E-state index contributed by atoms with van der Waals surface area (Å²) in [6.45, 7) is 1.57. The Bertz CT molecular complexity index is 904. The lowest BCUT2D eigenvalue weighted by molar-refractivity contribution is -0.142. The Hall–Kier alpha value is -2.58. The molecule has 1 atom stereocenters. The van der Waals surface area contributed by atoms with E-state index in [0.29, 0.717) is 12.1 Å². The standard InChI is InChI=1S/C13H14N5O5P/c1-7(19)22-4-13(5-23-24-21)2-8(13)3-18-6-15-9-10(18)16-12(14)17-11(9)20/h3,6H,2,4-5H2,1H3,(H3,14,16,17,20)/b8-3-/t13-/m1/s1. The molecule has 1 aliphatic carbocycles. The van der Waals surface area contributed by atoms with Gasteiger partial charge in [-0.25, -0.2) is 9.55 Å². The number of aromatic nitrogens is 4. The first kappa shape index (κ1) is 16.3. The Balaban J connectivity index is 1.92. The molecule has 0 aromatic carbocycles. The van der Waals surface area contributed by atoms with Crippen LogP contribution in [-0.4, -0.2) is 38.7 Å². The van der Waals surface area contributed by atoms with E-state index in [1.807, 2.05) is 0 Å². The molecule has 10 nitrogen and oxygen atoms in total. The third-order valence-electron chi connectivity index (χ3n) is 3.78. The number of carbonyl (C=O) groups is 1. The summed E-state index contributed by atoms with van der Waals surface area (Å²) in [5.74, 6) is -0.419. The maximum atomic E-state index is 11.8. The molecule has 1 aliphatic rings. The number of ether oxygens (including phenoxy) is 1. The first-order valence-electron chi connectivity index (χ1n) is 6.97. The van der Waals surface area contributed by atoms with Crippen LogP contribution in [0.2, 0.25) is 0 Å². The second kappa shape index (κ2) is 6.14. The second-order valence-electron chi connectivity index (χ2n) is 5.51. The number of rotatable bonds is 6. The molecule has 2 aromatic heterocycles. The first-order valence-corrected chi connectivity index (χ1v) is 7.70. The Morgan fingerprint density at radius 1 is 1.58 bits per heavy atom. The van der Waals surface area contributed by atoms with Crippen molar-refractivity contribution >= 4 is 38.0 Å². The van der Waals surface area contributed by atoms with E-state index in [2.05, 4.69) is 15.0 Å². The average Bonchev–Trinajstić information content (AvgIpc) is 3.05. The highest BCUT2D eigenvalue weighted by Gasteiger charge is 2.50. The zero-order valence-corrected chi connectivity index (χ0v) is 13.6. The zero-order valence-electron chi connectivity index (χ0n) is 12.7. The molecular formula is C13H14N5O5P. The maximum Gasteiger partial charge on any atom is 0.327 e. The van der Waals surface area contributed by atoms with Gasteiger partial charge in [-0.1, -0.05) is 0 Å². The Labute approximate surface area is 137 Å². The van der Waals surface area contributed by atoms with Crippen LogP contribution in [0.3, 0.4) is 0 Å². The van der Waals surface area contributed by atoms with E-state index in [9.17, 15) is 14.2 Å². The van der Waals surface area contributed by atoms with Gasteiger partial charge in [0.05, 0.1) is 12.0 Å². The van der Waals surface area contributed by atoms with E-state index in [4.69, 9.17) is 15.0 Å². The molecular weight excluding hydrogens is 337 g/mol. The summed E-state index contributed by atoms with van der Waals surface area (Å²) in [6.07, 6.45) is 3.77. The Morgan fingerprint density at radius 2 is 2.38 bits per heavy atom. The molecule has 0 spiro atoms. The van der Waals surface area contributed by atoms with Crippen LogP contribution in [-0.2, 0) is 18.6 Å². The SMILES string of the molecule is CC(=O)OC[C@@]1(COP=O)C/C1=C/n1cnc2c(=O)[nH]c(N)nc21. The highest BCUT2D eigenvalue weighted by atomic mass is 31.1. The number of nitrogens with one attached hydrogen (secondary N) is 1. The van der Waals surface area contributed by atoms with Crippen molar-refractivity contribution in [3.63, 3.8) is 0 Å². The van der Waals surface area contributed by atoms with Crippen LogP contribution >= 0.6 is 8.69 Å². The van der Waals surface area contributed by atoms with E-state index in [1.54, 1.807) is 10.8 Å². The number of H-pyrrole nitrogens is 1. The lowest BCUT2D eigenvalue weighted by Gasteiger charge is -2.12. The molecule has 11 heteroatoms. The molecule has 0 aliphatic heterocycles. The van der Waals surface area contributed by atoms with Gasteiger partial charge < -0.3 is 10.5 Å². The highest BCUT2D eigenvalue weighted by Crippen LogP contribution is 2.53. The fourth-order valence-corrected chi connectivity index (χ4v) is 2.73. The lowest BCUT2D eigenvalue weighted by atomic mass is 10.1. The summed E-state index contributed by atoms with van der Waals surface area (Å²) in [7, 11) is -0.444. The molecule has 0 amide bonds. The summed E-state index contributed by atoms with van der Waals surface area (Å²) in [4.78, 5) is 33.3. The maximum absolute atomic E-state index is 11.8. The largest absolute Gasteiger partial charge is 0.465 e. The van der Waals surface area contributed by atoms with Gasteiger partial charge >= 0.3 is 14.7 Å². The van der Waals surface area contributed by atoms with Gasteiger partial charge in [0.15, 0.2) is 11.2 Å². The molecule has 2 aromatic rings. The molecule has 0 bridgehead atoms. The minimum Gasteiger partial charge on any atom is -0.465 e. The van der Waals surface area contributed by atoms with Crippen molar-refractivity contribution in [2.75, 3.05) is 18.9 Å². The second-order valence-corrected chi connectivity index (χ2v) is 5.92. The summed E-state index contributed by atoms with van der Waals surface area (Å²) >= 11 is 0. The normalized spacial score (nSPS) is 21.5. The van der Waals surface area contributed by atoms with Crippen molar-refractivity contribution in [3.8, 4) is 0 Å². The molecule has 0 unspecified atom stereocenters. The van der Waals surface area contributed by atoms with Crippen molar-refractivity contribution in [3.05, 3.63) is 22.3 Å². The van der Waals surface area contributed by atoms with Gasteiger partial charge in [-0.15, -0.1) is 0 Å². The number of carbonyl (C=O) groups excluding carboxylic acids is 1. The molecule has 0 radical (unpaired) electrons. The number of aromatic amines is 1. The minimum atomic E-state index is -0.535. The van der Waals surface area contributed by atoms with Gasteiger partial charge in [0.1, 0.15) is 12.9 Å². The predicted molar refractivity (Wildman–Crippen MR) is 84.1 cm³/mol. The number of nitrogens with two attached hydrogens (primary N) is 1. The van der Waals surface area contributed by atoms with E-state index >= 15 is 0 Å². The van der Waals surface area contributed by atoms with Crippen molar-refractivity contribution < 1.29 is 18.6 Å². The number of fused-ring (bicyclic) bond motifs is 1. The van der Waals surface area contributed by atoms with E-state index in [1.165, 1.54) is 13.3 Å². The van der Waals surface area contributed by atoms with Crippen LogP contribution in [0.4, 0.5) is 5.95 Å². The molecule has 126 valence electrons. The predicted octanol–water partition coefficient (Wildman–Crippen LogP) is 0.719. The van der Waals surface area contributed by atoms with Crippen LogP contribution in [0.15, 0.2) is 16.7 Å². The fraction of sp³-hybridized carbons (Fsp3) is 0.385. The van der Waals surface area contributed by atoms with Crippen molar-refractivity contribution in [2.45, 2.75) is 13.3 Å². The number of nitrogen functional groups attached to an aromatic ring is 1. The highest BCUT2D eigenvalue weighted by molar-refractivity contribution is 7.17. The van der Waals surface area contributed by atoms with E-state index < -0.39 is 25.6 Å². The van der Waals surface area contributed by atoms with Gasteiger partial charge in [0.2, 0.25) is 5.95 Å². The summed E-state index contributed by atoms with van der Waals surface area (Å²) in [5, 5.41) is 0. The third kappa shape index (κ3) is 3.06. The topological polar surface area (TPSA) is 142 Å². The fourth-order valence-electron chi connectivity index (χ4n) is 2.43. The number of esters is 1. The Morgan fingerprint density at radius 3 is 3.08 bits per heavy atom. The van der Waals surface area contributed by atoms with Gasteiger partial charge in [-0.05, 0) is 12.0 Å². The minimum absolute atomic E-state index is 0.0110. The lowest BCUT2D eigenvalue weighted by Crippen LogP contribution is -2.18. The molecule has 24 heavy (non-hydrogen) atoms. The monoisotopic (exact) mass is 351 g/mol. The molecule has 0 saturated heterocycles. The van der Waals surface area contributed by atoms with E-state index in [-0.39, 0.29) is 24.7 Å². The van der Waals surface area contributed by atoms with Crippen LogP contribution in [0.5, 0.6) is 0 Å². The van der Waals surface area contributed by atoms with Gasteiger partial charge in [0, 0.05) is 13.1 Å². The smallest absolute Gasteiger partial charge is 0.327 e. The molecule has 1 saturated carbocycles.